The zero-order valence-corrected chi connectivity index (χ0v) is 8.73. The molecule has 0 N–H and O–H groups in total. The van der Waals surface area contributed by atoms with Gasteiger partial charge in [0.2, 0.25) is 0 Å². The third kappa shape index (κ3) is 1.79. The summed E-state index contributed by atoms with van der Waals surface area (Å²) in [5, 5.41) is 3.00. The molecule has 0 saturated heterocycles. The SMILES string of the molecule is CCOCc1csc2ccc(F)cc12. The second-order valence-corrected chi connectivity index (χ2v) is 3.95. The van der Waals surface area contributed by atoms with Crippen LogP contribution in [0.1, 0.15) is 12.5 Å². The molecule has 1 nitrogen and oxygen atoms in total. The molecule has 0 aliphatic heterocycles. The number of ether oxygens (including phenoxy) is 1. The first kappa shape index (κ1) is 9.62. The maximum Gasteiger partial charge on any atom is 0.123 e. The Kier molecular flexibility index (Phi) is 2.79. The number of thiophene rings is 1. The molecule has 0 unspecified atom stereocenters. The number of hydrogen-bond donors (Lipinski definition) is 0. The van der Waals surface area contributed by atoms with Crippen molar-refractivity contribution in [1.29, 1.82) is 0 Å². The molecule has 14 heavy (non-hydrogen) atoms. The van der Waals surface area contributed by atoms with Crippen molar-refractivity contribution in [2.75, 3.05) is 6.61 Å². The van der Waals surface area contributed by atoms with Crippen molar-refractivity contribution in [3.63, 3.8) is 0 Å². The Morgan fingerprint density at radius 3 is 3.07 bits per heavy atom. The molecule has 0 aliphatic rings. The highest BCUT2D eigenvalue weighted by atomic mass is 32.1. The highest BCUT2D eigenvalue weighted by Gasteiger charge is 2.04. The molecular formula is C11H11FOS. The molecule has 2 aromatic rings. The van der Waals surface area contributed by atoms with E-state index in [1.807, 2.05) is 18.4 Å². The fourth-order valence-electron chi connectivity index (χ4n) is 1.38. The maximum atomic E-state index is 13.0. The average Bonchev–Trinajstić information content (AvgIpc) is 2.57. The lowest BCUT2D eigenvalue weighted by molar-refractivity contribution is 0.135. The van der Waals surface area contributed by atoms with Crippen LogP contribution < -0.4 is 0 Å². The summed E-state index contributed by atoms with van der Waals surface area (Å²) in [5.41, 5.74) is 1.08. The van der Waals surface area contributed by atoms with Crippen LogP contribution in [0.25, 0.3) is 10.1 Å². The predicted octanol–water partition coefficient (Wildman–Crippen LogP) is 3.58. The molecule has 0 bridgehead atoms. The number of halogens is 1. The molecule has 1 heterocycles. The van der Waals surface area contributed by atoms with Gasteiger partial charge in [0.25, 0.3) is 0 Å². The van der Waals surface area contributed by atoms with Gasteiger partial charge in [-0.05, 0) is 36.1 Å². The first-order valence-corrected chi connectivity index (χ1v) is 5.42. The van der Waals surface area contributed by atoms with Crippen molar-refractivity contribution in [2.45, 2.75) is 13.5 Å². The van der Waals surface area contributed by atoms with Crippen LogP contribution in [0.5, 0.6) is 0 Å². The molecule has 1 aromatic carbocycles. The van der Waals surface area contributed by atoms with Crippen LogP contribution >= 0.6 is 11.3 Å². The van der Waals surface area contributed by atoms with E-state index in [2.05, 4.69) is 0 Å². The van der Waals surface area contributed by atoms with Gasteiger partial charge < -0.3 is 4.74 Å². The van der Waals surface area contributed by atoms with Gasteiger partial charge in [-0.1, -0.05) is 0 Å². The van der Waals surface area contributed by atoms with E-state index in [1.54, 1.807) is 17.4 Å². The molecule has 1 aromatic heterocycles. The third-order valence-electron chi connectivity index (χ3n) is 2.08. The number of hydrogen-bond acceptors (Lipinski definition) is 2. The fourth-order valence-corrected chi connectivity index (χ4v) is 2.31. The summed E-state index contributed by atoms with van der Waals surface area (Å²) in [6, 6.07) is 4.87. The molecule has 0 spiro atoms. The van der Waals surface area contributed by atoms with Gasteiger partial charge >= 0.3 is 0 Å². The summed E-state index contributed by atoms with van der Waals surface area (Å²) in [6.07, 6.45) is 0. The van der Waals surface area contributed by atoms with Gasteiger partial charge in [-0.3, -0.25) is 0 Å². The summed E-state index contributed by atoms with van der Waals surface area (Å²) in [5.74, 6) is -0.186. The van der Waals surface area contributed by atoms with Crippen LogP contribution in [-0.2, 0) is 11.3 Å². The minimum absolute atomic E-state index is 0.186. The van der Waals surface area contributed by atoms with Crippen molar-refractivity contribution < 1.29 is 9.13 Å². The summed E-state index contributed by atoms with van der Waals surface area (Å²) in [7, 11) is 0. The number of benzene rings is 1. The van der Waals surface area contributed by atoms with Crippen LogP contribution in [0.15, 0.2) is 23.6 Å². The highest BCUT2D eigenvalue weighted by Crippen LogP contribution is 2.27. The zero-order valence-electron chi connectivity index (χ0n) is 7.92. The molecule has 2 rings (SSSR count). The Balaban J connectivity index is 2.40. The molecule has 0 radical (unpaired) electrons. The largest absolute Gasteiger partial charge is 0.377 e. The van der Waals surface area contributed by atoms with Gasteiger partial charge in [0.15, 0.2) is 0 Å². The van der Waals surface area contributed by atoms with E-state index in [1.165, 1.54) is 6.07 Å². The third-order valence-corrected chi connectivity index (χ3v) is 3.09. The van der Waals surface area contributed by atoms with E-state index in [9.17, 15) is 4.39 Å². The Labute approximate surface area is 86.1 Å². The van der Waals surface area contributed by atoms with Gasteiger partial charge in [-0.25, -0.2) is 4.39 Å². The topological polar surface area (TPSA) is 9.23 Å². The Hall–Kier alpha value is -0.930. The van der Waals surface area contributed by atoms with E-state index < -0.39 is 0 Å². The van der Waals surface area contributed by atoms with Crippen LogP contribution in [-0.4, -0.2) is 6.61 Å². The van der Waals surface area contributed by atoms with Crippen LogP contribution in [0.2, 0.25) is 0 Å². The molecule has 0 saturated carbocycles. The molecule has 0 atom stereocenters. The lowest BCUT2D eigenvalue weighted by Gasteiger charge is -1.99. The summed E-state index contributed by atoms with van der Waals surface area (Å²) < 4.78 is 19.4. The highest BCUT2D eigenvalue weighted by molar-refractivity contribution is 7.17. The van der Waals surface area contributed by atoms with E-state index in [4.69, 9.17) is 4.74 Å². The maximum absolute atomic E-state index is 13.0. The standard InChI is InChI=1S/C11H11FOS/c1-2-13-6-8-7-14-11-4-3-9(12)5-10(8)11/h3-5,7H,2,6H2,1H3. The van der Waals surface area contributed by atoms with Crippen molar-refractivity contribution in [2.24, 2.45) is 0 Å². The van der Waals surface area contributed by atoms with E-state index in [0.717, 1.165) is 15.6 Å². The van der Waals surface area contributed by atoms with Crippen LogP contribution in [0.3, 0.4) is 0 Å². The normalized spacial score (nSPS) is 11.0. The second kappa shape index (κ2) is 4.07. The number of fused-ring (bicyclic) bond motifs is 1. The van der Waals surface area contributed by atoms with Crippen LogP contribution in [0, 0.1) is 5.82 Å². The van der Waals surface area contributed by atoms with Crippen molar-refractivity contribution in [3.8, 4) is 0 Å². The molecule has 74 valence electrons. The van der Waals surface area contributed by atoms with E-state index >= 15 is 0 Å². The van der Waals surface area contributed by atoms with Crippen molar-refractivity contribution >= 4 is 21.4 Å². The fraction of sp³-hybridized carbons (Fsp3) is 0.273. The quantitative estimate of drug-likeness (QED) is 0.752. The van der Waals surface area contributed by atoms with Crippen LogP contribution in [0.4, 0.5) is 4.39 Å². The molecule has 3 heteroatoms. The van der Waals surface area contributed by atoms with Gasteiger partial charge in [-0.15, -0.1) is 11.3 Å². The molecule has 0 fully saturated rings. The zero-order chi connectivity index (χ0) is 9.97. The average molecular weight is 210 g/mol. The smallest absolute Gasteiger partial charge is 0.123 e. The lowest BCUT2D eigenvalue weighted by Crippen LogP contribution is -1.90. The second-order valence-electron chi connectivity index (χ2n) is 3.04. The first-order chi connectivity index (χ1) is 6.81. The van der Waals surface area contributed by atoms with Gasteiger partial charge in [0, 0.05) is 16.7 Å². The summed E-state index contributed by atoms with van der Waals surface area (Å²) in [4.78, 5) is 0. The molecular weight excluding hydrogens is 199 g/mol. The van der Waals surface area contributed by atoms with E-state index in [0.29, 0.717) is 13.2 Å². The van der Waals surface area contributed by atoms with Gasteiger partial charge in [-0.2, -0.15) is 0 Å². The minimum Gasteiger partial charge on any atom is -0.377 e. The first-order valence-electron chi connectivity index (χ1n) is 4.54. The Morgan fingerprint density at radius 2 is 2.29 bits per heavy atom. The lowest BCUT2D eigenvalue weighted by atomic mass is 10.2. The molecule has 0 amide bonds. The van der Waals surface area contributed by atoms with Crippen molar-refractivity contribution in [3.05, 3.63) is 35.0 Å². The Morgan fingerprint density at radius 1 is 1.43 bits per heavy atom. The minimum atomic E-state index is -0.186. The van der Waals surface area contributed by atoms with Gasteiger partial charge in [0.1, 0.15) is 5.82 Å². The molecule has 0 aliphatic carbocycles. The Bertz CT molecular complexity index is 436. The van der Waals surface area contributed by atoms with Crippen molar-refractivity contribution in [1.82, 2.24) is 0 Å². The summed E-state index contributed by atoms with van der Waals surface area (Å²) in [6.45, 7) is 3.21. The number of rotatable bonds is 3. The summed E-state index contributed by atoms with van der Waals surface area (Å²) >= 11 is 1.63. The van der Waals surface area contributed by atoms with Gasteiger partial charge in [0.05, 0.1) is 6.61 Å². The monoisotopic (exact) mass is 210 g/mol. The predicted molar refractivity (Wildman–Crippen MR) is 57.1 cm³/mol. The van der Waals surface area contributed by atoms with E-state index in [-0.39, 0.29) is 5.82 Å².